The molecule has 0 bridgehead atoms. The smallest absolute Gasteiger partial charge is 0.258 e. The normalized spacial score (nSPS) is 13.2. The summed E-state index contributed by atoms with van der Waals surface area (Å²) in [4.78, 5) is 27.7. The third-order valence-electron chi connectivity index (χ3n) is 5.64. The Bertz CT molecular complexity index is 1120. The van der Waals surface area contributed by atoms with Crippen LogP contribution in [0.5, 0.6) is 0 Å². The van der Waals surface area contributed by atoms with Crippen molar-refractivity contribution in [2.24, 2.45) is 0 Å². The van der Waals surface area contributed by atoms with Crippen molar-refractivity contribution in [3.05, 3.63) is 80.1 Å². The number of fused-ring (bicyclic) bond motifs is 1. The molecule has 0 saturated heterocycles. The molecule has 1 aliphatic carbocycles. The van der Waals surface area contributed by atoms with E-state index < -0.39 is 0 Å². The van der Waals surface area contributed by atoms with Gasteiger partial charge in [0.25, 0.3) is 11.8 Å². The molecular formula is C25H25BrN2O2S. The molecule has 3 aromatic rings. The standard InChI is InChI=1S/C25H25BrN2O2S/c1-2-16-10-6-9-14-20(16)27-24(30)22-18-12-4-3-5-15-21(18)31-25(22)28-23(29)17-11-7-8-13-19(17)26/h6-11,13-14H,2-5,12,15H2,1H3,(H,27,30)(H,28,29). The van der Waals surface area contributed by atoms with Crippen molar-refractivity contribution >= 4 is 49.8 Å². The summed E-state index contributed by atoms with van der Waals surface area (Å²) < 4.78 is 0.730. The van der Waals surface area contributed by atoms with Crippen LogP contribution in [0.25, 0.3) is 0 Å². The lowest BCUT2D eigenvalue weighted by Gasteiger charge is -2.13. The first kappa shape index (κ1) is 21.8. The van der Waals surface area contributed by atoms with Crippen molar-refractivity contribution in [3.8, 4) is 0 Å². The van der Waals surface area contributed by atoms with E-state index in [-0.39, 0.29) is 11.8 Å². The predicted molar refractivity (Wildman–Crippen MR) is 131 cm³/mol. The average molecular weight is 497 g/mol. The second-order valence-electron chi connectivity index (χ2n) is 7.67. The molecule has 4 nitrogen and oxygen atoms in total. The Morgan fingerprint density at radius 1 is 0.935 bits per heavy atom. The van der Waals surface area contributed by atoms with Crippen LogP contribution in [0, 0.1) is 0 Å². The van der Waals surface area contributed by atoms with Gasteiger partial charge in [0.2, 0.25) is 0 Å². The van der Waals surface area contributed by atoms with Gasteiger partial charge in [0.1, 0.15) is 5.00 Å². The number of amides is 2. The summed E-state index contributed by atoms with van der Waals surface area (Å²) in [6.45, 7) is 2.07. The van der Waals surface area contributed by atoms with Crippen molar-refractivity contribution in [2.45, 2.75) is 45.4 Å². The quantitative estimate of drug-likeness (QED) is 0.379. The van der Waals surface area contributed by atoms with E-state index in [1.807, 2.05) is 42.5 Å². The highest BCUT2D eigenvalue weighted by Gasteiger charge is 2.26. The van der Waals surface area contributed by atoms with Crippen molar-refractivity contribution in [1.29, 1.82) is 0 Å². The van der Waals surface area contributed by atoms with Gasteiger partial charge in [-0.05, 0) is 77.4 Å². The molecule has 2 N–H and O–H groups in total. The molecule has 4 rings (SSSR count). The molecule has 0 fully saturated rings. The summed E-state index contributed by atoms with van der Waals surface area (Å²) >= 11 is 4.99. The zero-order valence-corrected chi connectivity index (χ0v) is 19.9. The second-order valence-corrected chi connectivity index (χ2v) is 9.63. The number of carbonyl (C=O) groups is 2. The van der Waals surface area contributed by atoms with Gasteiger partial charge in [0.15, 0.2) is 0 Å². The van der Waals surface area contributed by atoms with E-state index in [1.165, 1.54) is 11.3 Å². The first-order chi connectivity index (χ1) is 15.1. The fraction of sp³-hybridized carbons (Fsp3) is 0.280. The molecule has 1 heterocycles. The molecule has 6 heteroatoms. The van der Waals surface area contributed by atoms with Gasteiger partial charge in [-0.2, -0.15) is 0 Å². The summed E-state index contributed by atoms with van der Waals surface area (Å²) in [5.74, 6) is -0.366. The number of anilines is 2. The lowest BCUT2D eigenvalue weighted by Crippen LogP contribution is -2.19. The maximum Gasteiger partial charge on any atom is 0.258 e. The van der Waals surface area contributed by atoms with E-state index in [0.717, 1.165) is 53.4 Å². The van der Waals surface area contributed by atoms with E-state index >= 15 is 0 Å². The SMILES string of the molecule is CCc1ccccc1NC(=O)c1c(NC(=O)c2ccccc2Br)sc2c1CCCCC2. The molecule has 1 aliphatic rings. The number of aryl methyl sites for hydroxylation is 2. The van der Waals surface area contributed by atoms with Gasteiger partial charge in [-0.3, -0.25) is 9.59 Å². The van der Waals surface area contributed by atoms with Crippen LogP contribution in [-0.2, 0) is 19.3 Å². The van der Waals surface area contributed by atoms with Crippen LogP contribution in [0.1, 0.15) is 62.9 Å². The summed E-state index contributed by atoms with van der Waals surface area (Å²) in [5, 5.41) is 6.77. The third kappa shape index (κ3) is 4.75. The number of hydrogen-bond acceptors (Lipinski definition) is 3. The second kappa shape index (κ2) is 9.79. The molecule has 0 atom stereocenters. The molecule has 31 heavy (non-hydrogen) atoms. The summed E-state index contributed by atoms with van der Waals surface area (Å²) in [6, 6.07) is 15.2. The largest absolute Gasteiger partial charge is 0.322 e. The molecule has 0 saturated carbocycles. The minimum Gasteiger partial charge on any atom is -0.322 e. The Hall–Kier alpha value is -2.44. The molecule has 0 radical (unpaired) electrons. The van der Waals surface area contributed by atoms with Crippen molar-refractivity contribution in [1.82, 2.24) is 0 Å². The Morgan fingerprint density at radius 2 is 1.68 bits per heavy atom. The number of benzene rings is 2. The molecule has 2 aromatic carbocycles. The Morgan fingerprint density at radius 3 is 2.48 bits per heavy atom. The molecular weight excluding hydrogens is 472 g/mol. The van der Waals surface area contributed by atoms with Gasteiger partial charge in [0, 0.05) is 15.0 Å². The fourth-order valence-corrected chi connectivity index (χ4v) is 5.77. The highest BCUT2D eigenvalue weighted by atomic mass is 79.9. The number of rotatable bonds is 5. The van der Waals surface area contributed by atoms with E-state index in [2.05, 4.69) is 33.5 Å². The molecule has 0 aliphatic heterocycles. The van der Waals surface area contributed by atoms with Crippen molar-refractivity contribution in [2.75, 3.05) is 10.6 Å². The van der Waals surface area contributed by atoms with Crippen LogP contribution in [0.15, 0.2) is 53.0 Å². The zero-order valence-electron chi connectivity index (χ0n) is 17.5. The first-order valence-electron chi connectivity index (χ1n) is 10.7. The first-order valence-corrected chi connectivity index (χ1v) is 12.3. The van der Waals surface area contributed by atoms with Crippen LogP contribution in [0.2, 0.25) is 0 Å². The number of thiophene rings is 1. The van der Waals surface area contributed by atoms with Gasteiger partial charge < -0.3 is 10.6 Å². The van der Waals surface area contributed by atoms with Gasteiger partial charge in [-0.25, -0.2) is 0 Å². The minimum atomic E-state index is -0.216. The fourth-order valence-electron chi connectivity index (χ4n) is 4.02. The van der Waals surface area contributed by atoms with Crippen LogP contribution in [0.3, 0.4) is 0 Å². The summed E-state index contributed by atoms with van der Waals surface area (Å²) in [5.41, 5.74) is 4.18. The van der Waals surface area contributed by atoms with Crippen molar-refractivity contribution < 1.29 is 9.59 Å². The molecule has 160 valence electrons. The molecule has 2 amide bonds. The van der Waals surface area contributed by atoms with E-state index in [4.69, 9.17) is 0 Å². The number of carbonyl (C=O) groups excluding carboxylic acids is 2. The van der Waals surface area contributed by atoms with Crippen LogP contribution >= 0.6 is 27.3 Å². The zero-order chi connectivity index (χ0) is 21.8. The minimum absolute atomic E-state index is 0.150. The number of nitrogens with one attached hydrogen (secondary N) is 2. The van der Waals surface area contributed by atoms with E-state index in [9.17, 15) is 9.59 Å². The highest BCUT2D eigenvalue weighted by Crippen LogP contribution is 2.38. The molecule has 0 spiro atoms. The number of para-hydroxylation sites is 1. The lowest BCUT2D eigenvalue weighted by atomic mass is 10.0. The van der Waals surface area contributed by atoms with Crippen LogP contribution in [0.4, 0.5) is 10.7 Å². The summed E-state index contributed by atoms with van der Waals surface area (Å²) in [6.07, 6.45) is 6.01. The topological polar surface area (TPSA) is 58.2 Å². The monoisotopic (exact) mass is 496 g/mol. The van der Waals surface area contributed by atoms with Gasteiger partial charge >= 0.3 is 0 Å². The molecule has 0 unspecified atom stereocenters. The Balaban J connectivity index is 1.70. The maximum absolute atomic E-state index is 13.5. The summed E-state index contributed by atoms with van der Waals surface area (Å²) in [7, 11) is 0. The Labute approximate surface area is 195 Å². The van der Waals surface area contributed by atoms with Crippen LogP contribution < -0.4 is 10.6 Å². The average Bonchev–Trinajstić information content (AvgIpc) is 2.94. The van der Waals surface area contributed by atoms with Gasteiger partial charge in [0.05, 0.1) is 11.1 Å². The maximum atomic E-state index is 13.5. The predicted octanol–water partition coefficient (Wildman–Crippen LogP) is 6.85. The van der Waals surface area contributed by atoms with E-state index in [1.54, 1.807) is 17.4 Å². The van der Waals surface area contributed by atoms with Crippen LogP contribution in [-0.4, -0.2) is 11.8 Å². The Kier molecular flexibility index (Phi) is 6.88. The lowest BCUT2D eigenvalue weighted by molar-refractivity contribution is 0.102. The van der Waals surface area contributed by atoms with E-state index in [0.29, 0.717) is 16.1 Å². The highest BCUT2D eigenvalue weighted by molar-refractivity contribution is 9.10. The molecule has 1 aromatic heterocycles. The number of halogens is 1. The van der Waals surface area contributed by atoms with Gasteiger partial charge in [-0.15, -0.1) is 11.3 Å². The van der Waals surface area contributed by atoms with Crippen molar-refractivity contribution in [3.63, 3.8) is 0 Å². The third-order valence-corrected chi connectivity index (χ3v) is 7.54. The number of hydrogen-bond donors (Lipinski definition) is 2. The van der Waals surface area contributed by atoms with Gasteiger partial charge in [-0.1, -0.05) is 43.7 Å².